The second-order valence-electron chi connectivity index (χ2n) is 4.49. The van der Waals surface area contributed by atoms with Crippen molar-refractivity contribution in [3.05, 3.63) is 71.1 Å². The van der Waals surface area contributed by atoms with E-state index in [1.54, 1.807) is 11.8 Å². The molecule has 0 unspecified atom stereocenters. The predicted octanol–water partition coefficient (Wildman–Crippen LogP) is 5.57. The summed E-state index contributed by atoms with van der Waals surface area (Å²) in [4.78, 5) is 5.68. The first-order valence-corrected chi connectivity index (χ1v) is 7.71. The van der Waals surface area contributed by atoms with Gasteiger partial charge in [-0.15, -0.1) is 12.6 Å². The van der Waals surface area contributed by atoms with Crippen LogP contribution in [-0.4, -0.2) is 5.04 Å². The molecule has 0 amide bonds. The van der Waals surface area contributed by atoms with Crippen molar-refractivity contribution in [1.29, 1.82) is 0 Å². The molecule has 0 saturated heterocycles. The Hall–Kier alpha value is -1.45. The summed E-state index contributed by atoms with van der Waals surface area (Å²) in [5.41, 5.74) is 3.43. The standard InChI is InChI=1S/C17H17NS2/c1-13-7-9-15(10-8-13)18-17(19)11-12-20-16-6-4-3-5-14(16)2/h3-12H,1-2H3,(H,18,19). The van der Waals surface area contributed by atoms with E-state index < -0.39 is 0 Å². The molecule has 0 bridgehead atoms. The summed E-state index contributed by atoms with van der Waals surface area (Å²) in [6.45, 7) is 4.17. The molecule has 3 heteroatoms. The molecule has 2 rings (SSSR count). The van der Waals surface area contributed by atoms with E-state index in [-0.39, 0.29) is 0 Å². The van der Waals surface area contributed by atoms with Crippen molar-refractivity contribution < 1.29 is 0 Å². The number of rotatable bonds is 4. The van der Waals surface area contributed by atoms with E-state index in [2.05, 4.69) is 43.6 Å². The summed E-state index contributed by atoms with van der Waals surface area (Å²) in [5, 5.41) is 2.72. The van der Waals surface area contributed by atoms with Gasteiger partial charge in [-0.05, 0) is 49.1 Å². The van der Waals surface area contributed by atoms with Crippen LogP contribution in [0.1, 0.15) is 11.1 Å². The number of thioether (sulfide) groups is 1. The van der Waals surface area contributed by atoms with Crippen molar-refractivity contribution >= 4 is 35.1 Å². The van der Waals surface area contributed by atoms with Gasteiger partial charge in [0.2, 0.25) is 0 Å². The van der Waals surface area contributed by atoms with Crippen LogP contribution >= 0.6 is 24.4 Å². The molecule has 0 aromatic heterocycles. The molecule has 0 spiro atoms. The Morgan fingerprint density at radius 1 is 1.05 bits per heavy atom. The lowest BCUT2D eigenvalue weighted by Crippen LogP contribution is -1.79. The van der Waals surface area contributed by atoms with Crippen molar-refractivity contribution in [3.63, 3.8) is 0 Å². The number of aryl methyl sites for hydroxylation is 2. The molecule has 20 heavy (non-hydrogen) atoms. The monoisotopic (exact) mass is 299 g/mol. The van der Waals surface area contributed by atoms with Crippen molar-refractivity contribution in [1.82, 2.24) is 0 Å². The molecular formula is C17H17NS2. The lowest BCUT2D eigenvalue weighted by atomic mass is 10.2. The molecule has 102 valence electrons. The van der Waals surface area contributed by atoms with Crippen LogP contribution in [0.3, 0.4) is 0 Å². The van der Waals surface area contributed by atoms with Crippen LogP contribution in [0.15, 0.2) is 69.9 Å². The van der Waals surface area contributed by atoms with Crippen molar-refractivity contribution in [3.8, 4) is 0 Å². The minimum Gasteiger partial charge on any atom is -0.242 e. The predicted molar refractivity (Wildman–Crippen MR) is 93.4 cm³/mol. The topological polar surface area (TPSA) is 12.4 Å². The Kier molecular flexibility index (Phi) is 5.50. The third-order valence-electron chi connectivity index (χ3n) is 2.78. The average molecular weight is 299 g/mol. The SMILES string of the molecule is Cc1ccc(N=C(S)C=CSc2ccccc2C)cc1. The quantitative estimate of drug-likeness (QED) is 0.337. The third kappa shape index (κ3) is 4.58. The molecule has 0 N–H and O–H groups in total. The largest absolute Gasteiger partial charge is 0.242 e. The fourth-order valence-corrected chi connectivity index (χ4v) is 2.69. The number of hydrogen-bond acceptors (Lipinski definition) is 2. The number of hydrogen-bond donors (Lipinski definition) is 1. The smallest absolute Gasteiger partial charge is 0.0941 e. The molecule has 0 radical (unpaired) electrons. The van der Waals surface area contributed by atoms with Crippen LogP contribution in [0.4, 0.5) is 5.69 Å². The van der Waals surface area contributed by atoms with Gasteiger partial charge >= 0.3 is 0 Å². The zero-order valence-corrected chi connectivity index (χ0v) is 13.3. The van der Waals surface area contributed by atoms with Crippen LogP contribution < -0.4 is 0 Å². The molecule has 0 aliphatic heterocycles. The number of benzene rings is 2. The molecule has 2 aromatic carbocycles. The van der Waals surface area contributed by atoms with E-state index in [0.29, 0.717) is 5.04 Å². The zero-order chi connectivity index (χ0) is 14.4. The second kappa shape index (κ2) is 7.36. The van der Waals surface area contributed by atoms with E-state index in [4.69, 9.17) is 0 Å². The number of aliphatic imine (C=N–C) groups is 1. The van der Waals surface area contributed by atoms with E-state index in [1.165, 1.54) is 16.0 Å². The highest BCUT2D eigenvalue weighted by Crippen LogP contribution is 2.23. The Morgan fingerprint density at radius 2 is 1.75 bits per heavy atom. The maximum Gasteiger partial charge on any atom is 0.0941 e. The molecule has 0 atom stereocenters. The van der Waals surface area contributed by atoms with E-state index in [1.807, 2.05) is 47.9 Å². The van der Waals surface area contributed by atoms with Gasteiger partial charge in [-0.2, -0.15) is 0 Å². The Balaban J connectivity index is 2.00. The Morgan fingerprint density at radius 3 is 2.45 bits per heavy atom. The summed E-state index contributed by atoms with van der Waals surface area (Å²) in [7, 11) is 0. The molecule has 0 fully saturated rings. The highest BCUT2D eigenvalue weighted by molar-refractivity contribution is 8.02. The van der Waals surface area contributed by atoms with Gasteiger partial charge in [0.25, 0.3) is 0 Å². The number of thiol groups is 1. The summed E-state index contributed by atoms with van der Waals surface area (Å²) < 4.78 is 0. The van der Waals surface area contributed by atoms with Crippen LogP contribution in [-0.2, 0) is 0 Å². The van der Waals surface area contributed by atoms with Gasteiger partial charge in [0, 0.05) is 4.90 Å². The van der Waals surface area contributed by atoms with Gasteiger partial charge in [-0.25, -0.2) is 4.99 Å². The van der Waals surface area contributed by atoms with Gasteiger partial charge < -0.3 is 0 Å². The van der Waals surface area contributed by atoms with E-state index in [9.17, 15) is 0 Å². The molecule has 0 aliphatic carbocycles. The number of nitrogens with zero attached hydrogens (tertiary/aromatic N) is 1. The molecule has 2 aromatic rings. The molecule has 0 heterocycles. The fourth-order valence-electron chi connectivity index (χ4n) is 1.65. The molecule has 0 saturated carbocycles. The van der Waals surface area contributed by atoms with Crippen molar-refractivity contribution in [2.24, 2.45) is 4.99 Å². The highest BCUT2D eigenvalue weighted by Gasteiger charge is 1.95. The highest BCUT2D eigenvalue weighted by atomic mass is 32.2. The van der Waals surface area contributed by atoms with Crippen LogP contribution in [0, 0.1) is 13.8 Å². The van der Waals surface area contributed by atoms with Crippen molar-refractivity contribution in [2.45, 2.75) is 18.7 Å². The lowest BCUT2D eigenvalue weighted by molar-refractivity contribution is 1.31. The molecule has 1 nitrogen and oxygen atoms in total. The van der Waals surface area contributed by atoms with Crippen molar-refractivity contribution in [2.75, 3.05) is 0 Å². The minimum atomic E-state index is 0.704. The maximum absolute atomic E-state index is 4.43. The van der Waals surface area contributed by atoms with Crippen LogP contribution in [0.5, 0.6) is 0 Å². The first kappa shape index (κ1) is 14.9. The Bertz CT molecular complexity index is 628. The van der Waals surface area contributed by atoms with E-state index >= 15 is 0 Å². The summed E-state index contributed by atoms with van der Waals surface area (Å²) in [6, 6.07) is 16.4. The Labute approximate surface area is 130 Å². The second-order valence-corrected chi connectivity index (χ2v) is 5.90. The first-order valence-electron chi connectivity index (χ1n) is 6.38. The van der Waals surface area contributed by atoms with Gasteiger partial charge in [0.1, 0.15) is 0 Å². The fraction of sp³-hybridized carbons (Fsp3) is 0.118. The summed E-state index contributed by atoms with van der Waals surface area (Å²) in [5.74, 6) is 0. The molecular weight excluding hydrogens is 282 g/mol. The third-order valence-corrected chi connectivity index (χ3v) is 4.02. The normalized spacial score (nSPS) is 12.1. The van der Waals surface area contributed by atoms with Gasteiger partial charge in [0.05, 0.1) is 10.7 Å². The molecule has 0 aliphatic rings. The zero-order valence-electron chi connectivity index (χ0n) is 11.6. The van der Waals surface area contributed by atoms with Gasteiger partial charge in [-0.1, -0.05) is 47.7 Å². The van der Waals surface area contributed by atoms with Gasteiger partial charge in [0.15, 0.2) is 0 Å². The summed E-state index contributed by atoms with van der Waals surface area (Å²) in [6.07, 6.45) is 1.92. The summed E-state index contributed by atoms with van der Waals surface area (Å²) >= 11 is 6.07. The maximum atomic E-state index is 4.43. The first-order chi connectivity index (χ1) is 9.65. The lowest BCUT2D eigenvalue weighted by Gasteiger charge is -2.00. The van der Waals surface area contributed by atoms with Crippen LogP contribution in [0.25, 0.3) is 0 Å². The average Bonchev–Trinajstić information content (AvgIpc) is 2.43. The van der Waals surface area contributed by atoms with Gasteiger partial charge in [-0.3, -0.25) is 0 Å². The van der Waals surface area contributed by atoms with Crippen LogP contribution in [0.2, 0.25) is 0 Å². The minimum absolute atomic E-state index is 0.704. The van der Waals surface area contributed by atoms with E-state index in [0.717, 1.165) is 5.69 Å².